The maximum atomic E-state index is 12.7. The number of hydrogen-bond donors (Lipinski definition) is 0. The molecule has 0 aromatic rings. The van der Waals surface area contributed by atoms with Crippen LogP contribution < -0.4 is 0 Å². The molecule has 54 heavy (non-hydrogen) atoms. The van der Waals surface area contributed by atoms with E-state index < -0.39 is 6.10 Å². The second kappa shape index (κ2) is 44.7. The molecule has 0 rings (SSSR count). The van der Waals surface area contributed by atoms with Crippen LogP contribution in [-0.4, -0.2) is 37.9 Å². The van der Waals surface area contributed by atoms with Crippen molar-refractivity contribution in [2.24, 2.45) is 0 Å². The van der Waals surface area contributed by atoms with Gasteiger partial charge in [-0.3, -0.25) is 9.59 Å². The van der Waals surface area contributed by atoms with Crippen molar-refractivity contribution in [3.8, 4) is 0 Å². The normalized spacial score (nSPS) is 12.9. The van der Waals surface area contributed by atoms with Crippen LogP contribution in [0.3, 0.4) is 0 Å². The number of rotatable bonds is 40. The van der Waals surface area contributed by atoms with E-state index >= 15 is 0 Å². The Bertz CT molecular complexity index is 988. The van der Waals surface area contributed by atoms with Crippen LogP contribution in [0.4, 0.5) is 0 Å². The molecule has 310 valence electrons. The highest BCUT2D eigenvalue weighted by molar-refractivity contribution is 5.70. The highest BCUT2D eigenvalue weighted by atomic mass is 16.6. The van der Waals surface area contributed by atoms with Gasteiger partial charge in [-0.25, -0.2) is 0 Å². The molecular formula is C49H84O5. The molecule has 1 unspecified atom stereocenters. The average Bonchev–Trinajstić information content (AvgIpc) is 3.17. The van der Waals surface area contributed by atoms with Crippen LogP contribution in [0.2, 0.25) is 0 Å². The van der Waals surface area contributed by atoms with E-state index in [-0.39, 0.29) is 25.2 Å². The molecule has 0 fully saturated rings. The first-order valence-electron chi connectivity index (χ1n) is 22.5. The van der Waals surface area contributed by atoms with Gasteiger partial charge in [0.1, 0.15) is 6.61 Å². The summed E-state index contributed by atoms with van der Waals surface area (Å²) in [5.41, 5.74) is 0. The number of unbranched alkanes of at least 4 members (excludes halogenated alkanes) is 17. The molecule has 0 aliphatic rings. The summed E-state index contributed by atoms with van der Waals surface area (Å²) in [6.45, 7) is 7.55. The minimum Gasteiger partial charge on any atom is -0.462 e. The van der Waals surface area contributed by atoms with E-state index in [0.717, 1.165) is 96.3 Å². The SMILES string of the molecule is CC/C=C\C/C=C\C/C=C\CCCCCC(=O)OCC(COCCCCCCCC/C=C\CCCC)OC(=O)CCCCCCC/C=C\C/C=C\CCC. The van der Waals surface area contributed by atoms with Crippen molar-refractivity contribution in [3.63, 3.8) is 0 Å². The fourth-order valence-electron chi connectivity index (χ4n) is 5.84. The van der Waals surface area contributed by atoms with Crippen molar-refractivity contribution < 1.29 is 23.8 Å². The summed E-state index contributed by atoms with van der Waals surface area (Å²) >= 11 is 0. The zero-order chi connectivity index (χ0) is 39.3. The molecule has 0 aliphatic carbocycles. The lowest BCUT2D eigenvalue weighted by molar-refractivity contribution is -0.163. The zero-order valence-electron chi connectivity index (χ0n) is 35.5. The summed E-state index contributed by atoms with van der Waals surface area (Å²) in [7, 11) is 0. The second-order valence-corrected chi connectivity index (χ2v) is 14.6. The Morgan fingerprint density at radius 2 is 0.870 bits per heavy atom. The predicted molar refractivity (Wildman–Crippen MR) is 233 cm³/mol. The summed E-state index contributed by atoms with van der Waals surface area (Å²) in [5, 5.41) is 0. The van der Waals surface area contributed by atoms with Gasteiger partial charge in [0, 0.05) is 19.4 Å². The number of hydrogen-bond acceptors (Lipinski definition) is 5. The average molecular weight is 753 g/mol. The molecule has 0 amide bonds. The van der Waals surface area contributed by atoms with E-state index in [1.807, 2.05) is 0 Å². The van der Waals surface area contributed by atoms with Crippen LogP contribution in [0.15, 0.2) is 72.9 Å². The highest BCUT2D eigenvalue weighted by Crippen LogP contribution is 2.12. The van der Waals surface area contributed by atoms with E-state index in [2.05, 4.69) is 93.7 Å². The monoisotopic (exact) mass is 753 g/mol. The maximum absolute atomic E-state index is 12.7. The third-order valence-electron chi connectivity index (χ3n) is 9.18. The zero-order valence-corrected chi connectivity index (χ0v) is 35.5. The first-order chi connectivity index (χ1) is 26.6. The number of carbonyl (C=O) groups is 2. The Hall–Kier alpha value is -2.66. The lowest BCUT2D eigenvalue weighted by atomic mass is 10.1. The predicted octanol–water partition coefficient (Wildman–Crippen LogP) is 14.8. The fourth-order valence-corrected chi connectivity index (χ4v) is 5.84. The molecule has 5 nitrogen and oxygen atoms in total. The van der Waals surface area contributed by atoms with Crippen LogP contribution in [0.5, 0.6) is 0 Å². The van der Waals surface area contributed by atoms with Crippen LogP contribution in [-0.2, 0) is 23.8 Å². The molecule has 0 aromatic carbocycles. The summed E-state index contributed by atoms with van der Waals surface area (Å²) < 4.78 is 17.3. The van der Waals surface area contributed by atoms with E-state index in [0.29, 0.717) is 19.4 Å². The second-order valence-electron chi connectivity index (χ2n) is 14.6. The Morgan fingerprint density at radius 1 is 0.426 bits per heavy atom. The first kappa shape index (κ1) is 51.3. The summed E-state index contributed by atoms with van der Waals surface area (Å²) in [6.07, 6.45) is 56.1. The fraction of sp³-hybridized carbons (Fsp3) is 0.714. The molecule has 0 aromatic heterocycles. The van der Waals surface area contributed by atoms with Crippen molar-refractivity contribution in [1.82, 2.24) is 0 Å². The van der Waals surface area contributed by atoms with E-state index in [1.165, 1.54) is 70.6 Å². The highest BCUT2D eigenvalue weighted by Gasteiger charge is 2.17. The minimum atomic E-state index is -0.558. The van der Waals surface area contributed by atoms with Gasteiger partial charge in [0.05, 0.1) is 6.61 Å². The quantitative estimate of drug-likeness (QED) is 0.0354. The van der Waals surface area contributed by atoms with Crippen molar-refractivity contribution in [2.75, 3.05) is 19.8 Å². The minimum absolute atomic E-state index is 0.0594. The van der Waals surface area contributed by atoms with Crippen molar-refractivity contribution in [1.29, 1.82) is 0 Å². The van der Waals surface area contributed by atoms with Gasteiger partial charge in [0.25, 0.3) is 0 Å². The van der Waals surface area contributed by atoms with E-state index in [9.17, 15) is 9.59 Å². The molecule has 0 saturated heterocycles. The Balaban J connectivity index is 4.35. The van der Waals surface area contributed by atoms with Crippen LogP contribution in [0.1, 0.15) is 201 Å². The molecule has 1 atom stereocenters. The van der Waals surface area contributed by atoms with Crippen molar-refractivity contribution in [3.05, 3.63) is 72.9 Å². The molecule has 0 N–H and O–H groups in total. The molecule has 0 aliphatic heterocycles. The number of ether oxygens (including phenoxy) is 3. The number of allylic oxidation sites excluding steroid dienone is 12. The largest absolute Gasteiger partial charge is 0.462 e. The lowest BCUT2D eigenvalue weighted by Crippen LogP contribution is -2.30. The number of carbonyl (C=O) groups excluding carboxylic acids is 2. The van der Waals surface area contributed by atoms with Gasteiger partial charge in [0.2, 0.25) is 0 Å². The molecule has 0 spiro atoms. The molecule has 5 heteroatoms. The van der Waals surface area contributed by atoms with Gasteiger partial charge < -0.3 is 14.2 Å². The molecule has 0 heterocycles. The number of esters is 2. The standard InChI is InChI=1S/C49H84O5/c1-4-7-10-13-16-19-22-25-27-30-33-36-39-42-48(50)53-46-47(45-52-44-41-38-35-32-29-24-21-18-15-12-9-6-3)54-49(51)43-40-37-34-31-28-26-23-20-17-14-11-8-5-2/h7,10-11,14-16,18-20,23,25,27,47H,4-6,8-9,12-13,17,21-22,24,26,28-46H2,1-3H3/b10-7-,14-11-,18-15-,19-16-,23-20-,27-25-. The Morgan fingerprint density at radius 3 is 1.44 bits per heavy atom. The van der Waals surface area contributed by atoms with E-state index in [1.54, 1.807) is 0 Å². The lowest BCUT2D eigenvalue weighted by Gasteiger charge is -2.18. The maximum Gasteiger partial charge on any atom is 0.306 e. The van der Waals surface area contributed by atoms with Crippen LogP contribution in [0.25, 0.3) is 0 Å². The molecular weight excluding hydrogens is 669 g/mol. The van der Waals surface area contributed by atoms with Gasteiger partial charge >= 0.3 is 11.9 Å². The summed E-state index contributed by atoms with van der Waals surface area (Å²) in [6, 6.07) is 0. The van der Waals surface area contributed by atoms with Gasteiger partial charge in [-0.2, -0.15) is 0 Å². The first-order valence-corrected chi connectivity index (χ1v) is 22.5. The smallest absolute Gasteiger partial charge is 0.306 e. The topological polar surface area (TPSA) is 61.8 Å². The van der Waals surface area contributed by atoms with Crippen molar-refractivity contribution in [2.45, 2.75) is 207 Å². The van der Waals surface area contributed by atoms with Crippen molar-refractivity contribution >= 4 is 11.9 Å². The van der Waals surface area contributed by atoms with Gasteiger partial charge in [-0.05, 0) is 96.3 Å². The van der Waals surface area contributed by atoms with E-state index in [4.69, 9.17) is 14.2 Å². The van der Waals surface area contributed by atoms with Gasteiger partial charge in [0.15, 0.2) is 6.10 Å². The Kier molecular flexibility index (Phi) is 42.5. The Labute approximate surface area is 334 Å². The van der Waals surface area contributed by atoms with Gasteiger partial charge in [-0.15, -0.1) is 0 Å². The summed E-state index contributed by atoms with van der Waals surface area (Å²) in [5.74, 6) is -0.455. The van der Waals surface area contributed by atoms with Crippen LogP contribution in [0, 0.1) is 0 Å². The third kappa shape index (κ3) is 42.1. The molecule has 0 bridgehead atoms. The third-order valence-corrected chi connectivity index (χ3v) is 9.18. The summed E-state index contributed by atoms with van der Waals surface area (Å²) in [4.78, 5) is 25.2. The van der Waals surface area contributed by atoms with Gasteiger partial charge in [-0.1, -0.05) is 164 Å². The molecule has 0 radical (unpaired) electrons. The van der Waals surface area contributed by atoms with Crippen LogP contribution >= 0.6 is 0 Å². The molecule has 0 saturated carbocycles.